The zero-order chi connectivity index (χ0) is 20.2. The summed E-state index contributed by atoms with van der Waals surface area (Å²) in [6, 6.07) is 13.6. The quantitative estimate of drug-likeness (QED) is 0.606. The second kappa shape index (κ2) is 9.01. The summed E-state index contributed by atoms with van der Waals surface area (Å²) in [6.07, 6.45) is 1.66. The highest BCUT2D eigenvalue weighted by Gasteiger charge is 2.26. The van der Waals surface area contributed by atoms with Crippen molar-refractivity contribution in [2.24, 2.45) is 5.92 Å². The molecule has 1 aliphatic heterocycles. The van der Waals surface area contributed by atoms with Gasteiger partial charge in [-0.15, -0.1) is 0 Å². The normalized spacial score (nSPS) is 14.9. The lowest BCUT2D eigenvalue weighted by molar-refractivity contribution is -0.125. The van der Waals surface area contributed by atoms with Crippen molar-refractivity contribution in [2.45, 2.75) is 26.3 Å². The van der Waals surface area contributed by atoms with Gasteiger partial charge < -0.3 is 15.0 Å². The van der Waals surface area contributed by atoms with Crippen LogP contribution in [0.15, 0.2) is 42.5 Å². The summed E-state index contributed by atoms with van der Waals surface area (Å²) in [5.74, 6) is 1.02. The van der Waals surface area contributed by atoms with Gasteiger partial charge in [0.25, 0.3) is 0 Å². The molecule has 5 nitrogen and oxygen atoms in total. The van der Waals surface area contributed by atoms with E-state index in [4.69, 9.17) is 21.3 Å². The Morgan fingerprint density at radius 3 is 2.83 bits per heavy atom. The first-order chi connectivity index (χ1) is 14.1. The van der Waals surface area contributed by atoms with Crippen molar-refractivity contribution in [3.05, 3.63) is 53.1 Å². The number of fused-ring (bicyclic) bond motifs is 1. The number of nitrogens with one attached hydrogen (secondary N) is 1. The molecule has 0 radical (unpaired) electrons. The molecule has 0 spiro atoms. The summed E-state index contributed by atoms with van der Waals surface area (Å²) >= 11 is 7.85. The topological polar surface area (TPSA) is 54.5 Å². The predicted molar refractivity (Wildman–Crippen MR) is 119 cm³/mol. The van der Waals surface area contributed by atoms with Gasteiger partial charge in [-0.3, -0.25) is 4.79 Å². The molecule has 2 heterocycles. The maximum atomic E-state index is 12.6. The number of halogens is 1. The molecule has 1 N–H and O–H groups in total. The fourth-order valence-corrected chi connectivity index (χ4v) is 4.83. The molecule has 4 rings (SSSR count). The van der Waals surface area contributed by atoms with Crippen LogP contribution in [0.4, 0.5) is 5.13 Å². The van der Waals surface area contributed by atoms with Crippen molar-refractivity contribution < 1.29 is 9.53 Å². The molecule has 1 aliphatic rings. The molecule has 7 heteroatoms. The van der Waals surface area contributed by atoms with E-state index in [9.17, 15) is 4.79 Å². The summed E-state index contributed by atoms with van der Waals surface area (Å²) in [6.45, 7) is 4.78. The van der Waals surface area contributed by atoms with E-state index >= 15 is 0 Å². The van der Waals surface area contributed by atoms with Gasteiger partial charge in [0.05, 0.1) is 16.8 Å². The van der Waals surface area contributed by atoms with Crippen LogP contribution >= 0.6 is 22.9 Å². The monoisotopic (exact) mass is 429 g/mol. The fourth-order valence-electron chi connectivity index (χ4n) is 3.59. The number of hydrogen-bond donors (Lipinski definition) is 1. The van der Waals surface area contributed by atoms with Crippen molar-refractivity contribution >= 4 is 44.2 Å². The van der Waals surface area contributed by atoms with E-state index in [1.54, 1.807) is 11.3 Å². The van der Waals surface area contributed by atoms with Gasteiger partial charge in [0.15, 0.2) is 5.13 Å². The third-order valence-corrected chi connectivity index (χ3v) is 6.65. The first-order valence-corrected chi connectivity index (χ1v) is 11.1. The average molecular weight is 430 g/mol. The number of anilines is 1. The number of amides is 1. The Morgan fingerprint density at radius 2 is 2.07 bits per heavy atom. The van der Waals surface area contributed by atoms with Crippen LogP contribution in [0.1, 0.15) is 25.3 Å². The van der Waals surface area contributed by atoms with Gasteiger partial charge in [0, 0.05) is 30.6 Å². The Labute approximate surface area is 179 Å². The zero-order valence-electron chi connectivity index (χ0n) is 16.4. The Morgan fingerprint density at radius 1 is 1.28 bits per heavy atom. The van der Waals surface area contributed by atoms with E-state index in [0.717, 1.165) is 52.6 Å². The number of ether oxygens (including phenoxy) is 1. The van der Waals surface area contributed by atoms with E-state index < -0.39 is 0 Å². The molecular formula is C22H24ClN3O2S. The van der Waals surface area contributed by atoms with Crippen LogP contribution in [0, 0.1) is 5.92 Å². The molecule has 1 saturated heterocycles. The van der Waals surface area contributed by atoms with Crippen molar-refractivity contribution in [1.82, 2.24) is 10.3 Å². The molecule has 152 valence electrons. The van der Waals surface area contributed by atoms with Crippen LogP contribution in [-0.2, 0) is 11.3 Å². The molecule has 3 aromatic rings. The number of rotatable bonds is 6. The number of nitrogens with zero attached hydrogens (tertiary/aromatic N) is 2. The van der Waals surface area contributed by atoms with Crippen LogP contribution in [0.3, 0.4) is 0 Å². The Bertz CT molecular complexity index is 999. The summed E-state index contributed by atoms with van der Waals surface area (Å²) in [7, 11) is 0. The SMILES string of the molecule is CCOc1ccc2nc(N3CCC(C(=O)NCc4ccccc4Cl)CC3)sc2c1. The molecule has 0 saturated carbocycles. The number of carbonyl (C=O) groups is 1. The van der Waals surface area contributed by atoms with Gasteiger partial charge in [-0.25, -0.2) is 4.98 Å². The molecule has 0 atom stereocenters. The maximum Gasteiger partial charge on any atom is 0.223 e. The fraction of sp³-hybridized carbons (Fsp3) is 0.364. The van der Waals surface area contributed by atoms with Gasteiger partial charge >= 0.3 is 0 Å². The van der Waals surface area contributed by atoms with Crippen LogP contribution in [0.2, 0.25) is 5.02 Å². The van der Waals surface area contributed by atoms with Crippen LogP contribution < -0.4 is 15.0 Å². The minimum absolute atomic E-state index is 0.0349. The lowest BCUT2D eigenvalue weighted by Gasteiger charge is -2.31. The Hall–Kier alpha value is -2.31. The predicted octanol–water partition coefficient (Wildman–Crippen LogP) is 4.88. The number of benzene rings is 2. The number of carbonyl (C=O) groups excluding carboxylic acids is 1. The van der Waals surface area contributed by atoms with E-state index in [-0.39, 0.29) is 11.8 Å². The maximum absolute atomic E-state index is 12.6. The second-order valence-corrected chi connectivity index (χ2v) is 8.55. The van der Waals surface area contributed by atoms with Crippen LogP contribution in [-0.4, -0.2) is 30.6 Å². The van der Waals surface area contributed by atoms with E-state index in [0.29, 0.717) is 18.2 Å². The van der Waals surface area contributed by atoms with Crippen molar-refractivity contribution in [3.8, 4) is 5.75 Å². The van der Waals surface area contributed by atoms with E-state index in [1.165, 1.54) is 0 Å². The highest BCUT2D eigenvalue weighted by atomic mass is 35.5. The molecule has 0 unspecified atom stereocenters. The average Bonchev–Trinajstić information content (AvgIpc) is 3.17. The second-order valence-electron chi connectivity index (χ2n) is 7.13. The van der Waals surface area contributed by atoms with Gasteiger partial charge in [-0.05, 0) is 49.6 Å². The Balaban J connectivity index is 1.33. The third-order valence-electron chi connectivity index (χ3n) is 5.21. The van der Waals surface area contributed by atoms with Crippen LogP contribution in [0.5, 0.6) is 5.75 Å². The van der Waals surface area contributed by atoms with Gasteiger partial charge in [0.1, 0.15) is 5.75 Å². The molecule has 1 aromatic heterocycles. The third kappa shape index (κ3) is 4.65. The molecule has 1 fully saturated rings. The van der Waals surface area contributed by atoms with Gasteiger partial charge in [-0.2, -0.15) is 0 Å². The first-order valence-electron chi connectivity index (χ1n) is 9.93. The van der Waals surface area contributed by atoms with Crippen molar-refractivity contribution in [3.63, 3.8) is 0 Å². The van der Waals surface area contributed by atoms with Gasteiger partial charge in [-0.1, -0.05) is 41.1 Å². The summed E-state index contributed by atoms with van der Waals surface area (Å²) < 4.78 is 6.71. The molecule has 29 heavy (non-hydrogen) atoms. The van der Waals surface area contributed by atoms with E-state index in [1.807, 2.05) is 43.3 Å². The minimum atomic E-state index is 0.0349. The number of thiazole rings is 1. The smallest absolute Gasteiger partial charge is 0.223 e. The molecule has 2 aromatic carbocycles. The lowest BCUT2D eigenvalue weighted by Crippen LogP contribution is -2.40. The number of hydrogen-bond acceptors (Lipinski definition) is 5. The molecule has 0 bridgehead atoms. The Kier molecular flexibility index (Phi) is 6.21. The summed E-state index contributed by atoms with van der Waals surface area (Å²) in [5, 5.41) is 4.74. The number of piperidine rings is 1. The van der Waals surface area contributed by atoms with Crippen LogP contribution in [0.25, 0.3) is 10.2 Å². The standard InChI is InChI=1S/C22H24ClN3O2S/c1-2-28-17-7-8-19-20(13-17)29-22(25-19)26-11-9-15(10-12-26)21(27)24-14-16-5-3-4-6-18(16)23/h3-8,13,15H,2,9-12,14H2,1H3,(H,24,27). The molecular weight excluding hydrogens is 406 g/mol. The zero-order valence-corrected chi connectivity index (χ0v) is 17.9. The molecule has 0 aliphatic carbocycles. The number of aromatic nitrogens is 1. The lowest BCUT2D eigenvalue weighted by atomic mass is 9.96. The van der Waals surface area contributed by atoms with Crippen molar-refractivity contribution in [1.29, 1.82) is 0 Å². The first kappa shape index (κ1) is 20.0. The van der Waals surface area contributed by atoms with Gasteiger partial charge in [0.2, 0.25) is 5.91 Å². The summed E-state index contributed by atoms with van der Waals surface area (Å²) in [5.41, 5.74) is 1.94. The highest BCUT2D eigenvalue weighted by Crippen LogP contribution is 2.33. The minimum Gasteiger partial charge on any atom is -0.494 e. The largest absolute Gasteiger partial charge is 0.494 e. The highest BCUT2D eigenvalue weighted by molar-refractivity contribution is 7.22. The summed E-state index contributed by atoms with van der Waals surface area (Å²) in [4.78, 5) is 19.6. The van der Waals surface area contributed by atoms with Crippen molar-refractivity contribution in [2.75, 3.05) is 24.6 Å². The molecule has 1 amide bonds. The van der Waals surface area contributed by atoms with E-state index in [2.05, 4.69) is 16.3 Å².